The number of rotatable bonds is 5. The Morgan fingerprint density at radius 3 is 2.62 bits per heavy atom. The average molecular weight is 183 g/mol. The van der Waals surface area contributed by atoms with Gasteiger partial charge < -0.3 is 10.1 Å². The molecular weight excluding hydrogens is 166 g/mol. The summed E-state index contributed by atoms with van der Waals surface area (Å²) in [6.45, 7) is 4.57. The maximum Gasteiger partial charge on any atom is 0.323 e. The molecule has 0 radical (unpaired) electrons. The number of terminal acetylenes is 1. The van der Waals surface area contributed by atoms with Crippen LogP contribution < -0.4 is 5.32 Å². The SMILES string of the molecule is C#CCCNC(C(=O)OC)C(C)C. The van der Waals surface area contributed by atoms with Crippen molar-refractivity contribution in [1.29, 1.82) is 0 Å². The lowest BCUT2D eigenvalue weighted by molar-refractivity contribution is -0.144. The highest BCUT2D eigenvalue weighted by molar-refractivity contribution is 5.75. The van der Waals surface area contributed by atoms with E-state index in [2.05, 4.69) is 16.0 Å². The Hall–Kier alpha value is -1.01. The van der Waals surface area contributed by atoms with Crippen molar-refractivity contribution in [2.75, 3.05) is 13.7 Å². The van der Waals surface area contributed by atoms with E-state index in [1.807, 2.05) is 13.8 Å². The number of esters is 1. The van der Waals surface area contributed by atoms with Gasteiger partial charge in [-0.25, -0.2) is 0 Å². The van der Waals surface area contributed by atoms with Gasteiger partial charge in [-0.1, -0.05) is 13.8 Å². The van der Waals surface area contributed by atoms with Gasteiger partial charge in [0.05, 0.1) is 7.11 Å². The highest BCUT2D eigenvalue weighted by Gasteiger charge is 2.21. The van der Waals surface area contributed by atoms with Gasteiger partial charge in [0.25, 0.3) is 0 Å². The fraction of sp³-hybridized carbons (Fsp3) is 0.700. The van der Waals surface area contributed by atoms with E-state index in [1.165, 1.54) is 7.11 Å². The Kier molecular flexibility index (Phi) is 5.99. The maximum atomic E-state index is 11.2. The molecule has 0 heterocycles. The van der Waals surface area contributed by atoms with E-state index in [-0.39, 0.29) is 17.9 Å². The van der Waals surface area contributed by atoms with Crippen LogP contribution >= 0.6 is 0 Å². The van der Waals surface area contributed by atoms with Gasteiger partial charge in [0.15, 0.2) is 0 Å². The van der Waals surface area contributed by atoms with Crippen LogP contribution in [0.15, 0.2) is 0 Å². The Bertz CT molecular complexity index is 194. The topological polar surface area (TPSA) is 38.3 Å². The lowest BCUT2D eigenvalue weighted by atomic mass is 10.0. The van der Waals surface area contributed by atoms with E-state index < -0.39 is 0 Å². The van der Waals surface area contributed by atoms with E-state index in [4.69, 9.17) is 6.42 Å². The summed E-state index contributed by atoms with van der Waals surface area (Å²) in [5.41, 5.74) is 0. The van der Waals surface area contributed by atoms with Crippen molar-refractivity contribution in [3.8, 4) is 12.3 Å². The quantitative estimate of drug-likeness (QED) is 0.389. The Balaban J connectivity index is 3.97. The van der Waals surface area contributed by atoms with Crippen LogP contribution in [-0.4, -0.2) is 25.7 Å². The molecule has 0 amide bonds. The molecule has 0 aromatic rings. The second kappa shape index (κ2) is 6.50. The van der Waals surface area contributed by atoms with E-state index in [9.17, 15) is 4.79 Å². The van der Waals surface area contributed by atoms with E-state index in [0.717, 1.165) is 0 Å². The lowest BCUT2D eigenvalue weighted by Crippen LogP contribution is -2.42. The minimum Gasteiger partial charge on any atom is -0.468 e. The smallest absolute Gasteiger partial charge is 0.323 e. The average Bonchev–Trinajstić information content (AvgIpc) is 2.11. The summed E-state index contributed by atoms with van der Waals surface area (Å²) < 4.78 is 4.65. The third-order valence-electron chi connectivity index (χ3n) is 1.76. The number of nitrogens with one attached hydrogen (secondary N) is 1. The molecule has 0 bridgehead atoms. The highest BCUT2D eigenvalue weighted by atomic mass is 16.5. The van der Waals surface area contributed by atoms with Crippen molar-refractivity contribution in [2.24, 2.45) is 5.92 Å². The summed E-state index contributed by atoms with van der Waals surface area (Å²) in [7, 11) is 1.39. The summed E-state index contributed by atoms with van der Waals surface area (Å²) in [5.74, 6) is 2.49. The van der Waals surface area contributed by atoms with E-state index >= 15 is 0 Å². The molecule has 0 aliphatic heterocycles. The van der Waals surface area contributed by atoms with Crippen molar-refractivity contribution >= 4 is 5.97 Å². The summed E-state index contributed by atoms with van der Waals surface area (Å²) in [4.78, 5) is 11.2. The summed E-state index contributed by atoms with van der Waals surface area (Å²) in [6.07, 6.45) is 5.72. The number of carbonyl (C=O) groups excluding carboxylic acids is 1. The third-order valence-corrected chi connectivity index (χ3v) is 1.76. The number of ether oxygens (including phenoxy) is 1. The fourth-order valence-corrected chi connectivity index (χ4v) is 1.02. The van der Waals surface area contributed by atoms with Crippen LogP contribution in [0, 0.1) is 18.3 Å². The zero-order chi connectivity index (χ0) is 10.3. The molecule has 1 atom stereocenters. The number of hydrogen-bond acceptors (Lipinski definition) is 3. The number of carbonyl (C=O) groups is 1. The molecule has 0 aromatic heterocycles. The van der Waals surface area contributed by atoms with Crippen LogP contribution in [0.4, 0.5) is 0 Å². The van der Waals surface area contributed by atoms with Crippen molar-refractivity contribution in [3.05, 3.63) is 0 Å². The second-order valence-electron chi connectivity index (χ2n) is 3.15. The van der Waals surface area contributed by atoms with Crippen LogP contribution in [0.2, 0.25) is 0 Å². The Morgan fingerprint density at radius 2 is 2.23 bits per heavy atom. The predicted octanol–water partition coefficient (Wildman–Crippen LogP) is 0.797. The molecule has 0 fully saturated rings. The summed E-state index contributed by atoms with van der Waals surface area (Å²) in [5, 5.41) is 3.05. The fourth-order valence-electron chi connectivity index (χ4n) is 1.02. The molecule has 0 rings (SSSR count). The van der Waals surface area contributed by atoms with Crippen LogP contribution in [0.1, 0.15) is 20.3 Å². The van der Waals surface area contributed by atoms with Crippen LogP contribution in [-0.2, 0) is 9.53 Å². The first kappa shape index (κ1) is 12.0. The standard InChI is InChI=1S/C10H17NO2/c1-5-6-7-11-9(8(2)3)10(12)13-4/h1,8-9,11H,6-7H2,2-4H3. The normalized spacial score (nSPS) is 12.2. The maximum absolute atomic E-state index is 11.2. The van der Waals surface area contributed by atoms with Crippen molar-refractivity contribution < 1.29 is 9.53 Å². The molecule has 1 N–H and O–H groups in total. The molecule has 0 aliphatic rings. The Labute approximate surface area is 79.8 Å². The monoisotopic (exact) mass is 183 g/mol. The van der Waals surface area contributed by atoms with Gasteiger partial charge in [-0.2, -0.15) is 0 Å². The van der Waals surface area contributed by atoms with Crippen molar-refractivity contribution in [1.82, 2.24) is 5.32 Å². The zero-order valence-corrected chi connectivity index (χ0v) is 8.46. The molecule has 0 aliphatic carbocycles. The summed E-state index contributed by atoms with van der Waals surface area (Å²) in [6, 6.07) is -0.252. The highest BCUT2D eigenvalue weighted by Crippen LogP contribution is 2.03. The molecular formula is C10H17NO2. The first-order valence-electron chi connectivity index (χ1n) is 4.38. The first-order chi connectivity index (χ1) is 6.13. The number of hydrogen-bond donors (Lipinski definition) is 1. The van der Waals surface area contributed by atoms with Gasteiger partial charge >= 0.3 is 5.97 Å². The largest absolute Gasteiger partial charge is 0.468 e. The zero-order valence-electron chi connectivity index (χ0n) is 8.46. The van der Waals surface area contributed by atoms with Gasteiger partial charge in [-0.05, 0) is 5.92 Å². The van der Waals surface area contributed by atoms with E-state index in [1.54, 1.807) is 0 Å². The number of methoxy groups -OCH3 is 1. The van der Waals surface area contributed by atoms with Gasteiger partial charge in [-0.15, -0.1) is 12.3 Å². The minimum atomic E-state index is -0.252. The van der Waals surface area contributed by atoms with Crippen molar-refractivity contribution in [2.45, 2.75) is 26.3 Å². The molecule has 1 unspecified atom stereocenters. The van der Waals surface area contributed by atoms with Crippen LogP contribution in [0.25, 0.3) is 0 Å². The molecule has 0 aromatic carbocycles. The molecule has 0 saturated heterocycles. The van der Waals surface area contributed by atoms with Gasteiger partial charge in [0.1, 0.15) is 6.04 Å². The van der Waals surface area contributed by atoms with Crippen LogP contribution in [0.3, 0.4) is 0 Å². The first-order valence-corrected chi connectivity index (χ1v) is 4.38. The Morgan fingerprint density at radius 1 is 1.62 bits per heavy atom. The molecule has 3 nitrogen and oxygen atoms in total. The molecule has 0 saturated carbocycles. The second-order valence-corrected chi connectivity index (χ2v) is 3.15. The molecule has 3 heteroatoms. The summed E-state index contributed by atoms with van der Waals surface area (Å²) >= 11 is 0. The van der Waals surface area contributed by atoms with Crippen LogP contribution in [0.5, 0.6) is 0 Å². The molecule has 13 heavy (non-hydrogen) atoms. The third kappa shape index (κ3) is 4.54. The minimum absolute atomic E-state index is 0.213. The van der Waals surface area contributed by atoms with Gasteiger partial charge in [-0.3, -0.25) is 4.79 Å². The van der Waals surface area contributed by atoms with Crippen molar-refractivity contribution in [3.63, 3.8) is 0 Å². The van der Waals surface area contributed by atoms with E-state index in [0.29, 0.717) is 13.0 Å². The van der Waals surface area contributed by atoms with Gasteiger partial charge in [0, 0.05) is 13.0 Å². The van der Waals surface area contributed by atoms with Gasteiger partial charge in [0.2, 0.25) is 0 Å². The predicted molar refractivity (Wildman–Crippen MR) is 52.1 cm³/mol. The molecule has 74 valence electrons. The molecule has 0 spiro atoms. The lowest BCUT2D eigenvalue weighted by Gasteiger charge is -2.18.